The van der Waals surface area contributed by atoms with Gasteiger partial charge in [-0.15, -0.1) is 0 Å². The Morgan fingerprint density at radius 2 is 1.00 bits per heavy atom. The summed E-state index contributed by atoms with van der Waals surface area (Å²) in [4.78, 5) is 7.16. The lowest BCUT2D eigenvalue weighted by atomic mass is 10.0. The Labute approximate surface area is 556 Å². The number of likely N-dealkylation sites (N-methyl/N-ethyl adjacent to an activating group) is 1. The number of benzene rings is 8. The van der Waals surface area contributed by atoms with Crippen molar-refractivity contribution in [2.24, 2.45) is 0 Å². The standard InChI is InChI=1S/C13H15N.C13H18O2.C13H14O.C12H16O.C11H18N2.C10H14O2.C9H20N2/c1-10(2)14-13-9-5-7-11-6-3-4-8-12(11)13;1-9(2)14-11-7-5-6-10-8-13(3,4)15-12(10)11;1-10(2)14-13-9-5-7-11-6-3-4-8-12(11)13;1-9(2)13-12-7-6-10-4-3-5-11(10)8-12;1-9(2)12-10-5-7-11(8-6-10)13(3)4;1-8(2)12-10-6-4-5-9(7-10)11-3;1-4-10-5-7-11(8-6-10)9(2)3/h3-10,14H,1-2H3;5-7,9H,8H2,1-4H3;3-10H,1-2H3;6-9H,3-5H2,1-2H3;5-9,12H,1-4H3;4-8H,1-3H3;9H,4-8H2,1-3H3. The summed E-state index contributed by atoms with van der Waals surface area (Å²) in [6.07, 6.45) is 5.63. The van der Waals surface area contributed by atoms with Gasteiger partial charge in [0.1, 0.15) is 28.6 Å². The molecule has 92 heavy (non-hydrogen) atoms. The summed E-state index contributed by atoms with van der Waals surface area (Å²) in [7, 11) is 5.74. The molecule has 0 unspecified atom stereocenters. The van der Waals surface area contributed by atoms with E-state index in [1.54, 1.807) is 7.11 Å². The maximum atomic E-state index is 5.90. The number of nitrogens with one attached hydrogen (secondary N) is 2. The average molecular weight is 1250 g/mol. The zero-order valence-electron chi connectivity index (χ0n) is 59.9. The lowest BCUT2D eigenvalue weighted by Gasteiger charge is -2.36. The zero-order chi connectivity index (χ0) is 67.3. The second-order valence-electron chi connectivity index (χ2n) is 26.5. The summed E-state index contributed by atoms with van der Waals surface area (Å²) in [6, 6.07) is 59.6. The quantitative estimate of drug-likeness (QED) is 0.0970. The molecular formula is C81H115N5O6. The van der Waals surface area contributed by atoms with Gasteiger partial charge in [0.05, 0.1) is 31.5 Å². The van der Waals surface area contributed by atoms with Gasteiger partial charge in [-0.25, -0.2) is 0 Å². The summed E-state index contributed by atoms with van der Waals surface area (Å²) in [6.45, 7) is 42.1. The van der Waals surface area contributed by atoms with Gasteiger partial charge < -0.3 is 48.9 Å². The highest BCUT2D eigenvalue weighted by Gasteiger charge is 2.32. The molecule has 1 saturated heterocycles. The molecule has 0 saturated carbocycles. The minimum absolute atomic E-state index is 0.0984. The highest BCUT2D eigenvalue weighted by atomic mass is 16.5. The van der Waals surface area contributed by atoms with E-state index in [0.29, 0.717) is 12.1 Å². The maximum Gasteiger partial charge on any atom is 0.165 e. The second kappa shape index (κ2) is 38.4. The van der Waals surface area contributed by atoms with Crippen molar-refractivity contribution >= 4 is 38.6 Å². The second-order valence-corrected chi connectivity index (χ2v) is 26.5. The number of anilines is 3. The van der Waals surface area contributed by atoms with E-state index in [9.17, 15) is 0 Å². The van der Waals surface area contributed by atoms with Crippen molar-refractivity contribution in [2.45, 2.75) is 192 Å². The summed E-state index contributed by atoms with van der Waals surface area (Å²) >= 11 is 0. The first-order chi connectivity index (χ1) is 43.8. The van der Waals surface area contributed by atoms with Crippen molar-refractivity contribution in [3.8, 4) is 34.5 Å². The van der Waals surface area contributed by atoms with E-state index in [0.717, 1.165) is 47.0 Å². The predicted octanol–water partition coefficient (Wildman–Crippen LogP) is 19.5. The van der Waals surface area contributed by atoms with Gasteiger partial charge in [0.15, 0.2) is 11.5 Å². The molecule has 2 aliphatic heterocycles. The molecule has 1 aliphatic carbocycles. The number of rotatable bonds is 16. The summed E-state index contributed by atoms with van der Waals surface area (Å²) in [5.74, 6) is 5.47. The van der Waals surface area contributed by atoms with E-state index < -0.39 is 0 Å². The maximum absolute atomic E-state index is 5.90. The number of ether oxygens (including phenoxy) is 6. The normalized spacial score (nSPS) is 13.7. The summed E-state index contributed by atoms with van der Waals surface area (Å²) in [5, 5.41) is 11.8. The summed E-state index contributed by atoms with van der Waals surface area (Å²) < 4.78 is 33.5. The largest absolute Gasteiger partial charge is 0.497 e. The van der Waals surface area contributed by atoms with Crippen molar-refractivity contribution in [1.82, 2.24) is 9.80 Å². The molecule has 11 rings (SSSR count). The van der Waals surface area contributed by atoms with Crippen LogP contribution in [-0.4, -0.2) is 112 Å². The number of hydrogen-bond acceptors (Lipinski definition) is 11. The van der Waals surface area contributed by atoms with Crippen LogP contribution in [0, 0.1) is 0 Å². The third kappa shape index (κ3) is 26.6. The Kier molecular flexibility index (Phi) is 31.4. The molecule has 500 valence electrons. The van der Waals surface area contributed by atoms with Gasteiger partial charge in [-0.1, -0.05) is 104 Å². The first-order valence-electron chi connectivity index (χ1n) is 33.8. The smallest absolute Gasteiger partial charge is 0.165 e. The molecule has 11 heteroatoms. The lowest BCUT2D eigenvalue weighted by molar-refractivity contribution is 0.112. The Hall–Kier alpha value is -7.60. The number of nitrogens with zero attached hydrogens (tertiary/aromatic N) is 3. The molecule has 8 aromatic rings. The van der Waals surface area contributed by atoms with Gasteiger partial charge in [0, 0.05) is 104 Å². The molecule has 1 fully saturated rings. The number of para-hydroxylation sites is 1. The van der Waals surface area contributed by atoms with E-state index in [1.807, 2.05) is 116 Å². The fraction of sp³-hybridized carbons (Fsp3) is 0.457. The molecule has 0 spiro atoms. The van der Waals surface area contributed by atoms with E-state index >= 15 is 0 Å². The topological polar surface area (TPSA) is 89.2 Å². The number of piperazine rings is 1. The van der Waals surface area contributed by atoms with Crippen LogP contribution in [-0.2, 0) is 19.3 Å². The fourth-order valence-corrected chi connectivity index (χ4v) is 10.8. The molecule has 0 bridgehead atoms. The predicted molar refractivity (Wildman–Crippen MR) is 394 cm³/mol. The highest BCUT2D eigenvalue weighted by Crippen LogP contribution is 2.42. The number of aryl methyl sites for hydroxylation is 2. The van der Waals surface area contributed by atoms with Gasteiger partial charge in [0.2, 0.25) is 0 Å². The fourth-order valence-electron chi connectivity index (χ4n) is 10.8. The first kappa shape index (κ1) is 75.1. The van der Waals surface area contributed by atoms with Crippen LogP contribution in [0.1, 0.15) is 141 Å². The van der Waals surface area contributed by atoms with E-state index in [1.165, 1.54) is 107 Å². The van der Waals surface area contributed by atoms with E-state index in [-0.39, 0.29) is 30.0 Å². The van der Waals surface area contributed by atoms with Gasteiger partial charge in [-0.2, -0.15) is 0 Å². The Bertz CT molecular complexity index is 3270. The summed E-state index contributed by atoms with van der Waals surface area (Å²) in [5.41, 5.74) is 7.78. The SMILES string of the molecule is CC(C)Nc1ccc(N(C)C)cc1.CC(C)Nc1cccc2ccccc12.CC(C)Oc1ccc2c(c1)CCC2.CC(C)Oc1cccc2c1OC(C)(C)C2.CC(C)Oc1cccc2ccccc12.CCN1CCN(C(C)C)CC1.COc1cccc(OC(C)C)c1. The molecule has 8 aromatic carbocycles. The molecule has 11 nitrogen and oxygen atoms in total. The third-order valence-corrected chi connectivity index (χ3v) is 15.0. The van der Waals surface area contributed by atoms with Crippen LogP contribution in [0.5, 0.6) is 34.5 Å². The van der Waals surface area contributed by atoms with Gasteiger partial charge in [-0.05, 0) is 225 Å². The van der Waals surface area contributed by atoms with Crippen molar-refractivity contribution < 1.29 is 28.4 Å². The van der Waals surface area contributed by atoms with Crippen molar-refractivity contribution in [3.63, 3.8) is 0 Å². The zero-order valence-corrected chi connectivity index (χ0v) is 59.9. The lowest BCUT2D eigenvalue weighted by Crippen LogP contribution is -2.48. The van der Waals surface area contributed by atoms with Crippen LogP contribution in [0.25, 0.3) is 21.5 Å². The van der Waals surface area contributed by atoms with Crippen molar-refractivity contribution in [3.05, 3.63) is 187 Å². The average Bonchev–Trinajstić information content (AvgIpc) is 1.66. The van der Waals surface area contributed by atoms with E-state index in [2.05, 4.69) is 211 Å². The van der Waals surface area contributed by atoms with Gasteiger partial charge in [0.25, 0.3) is 0 Å². The molecule has 3 aliphatic rings. The van der Waals surface area contributed by atoms with Crippen LogP contribution < -0.4 is 44.0 Å². The van der Waals surface area contributed by atoms with Crippen LogP contribution in [0.15, 0.2) is 170 Å². The number of hydrogen-bond donors (Lipinski definition) is 2. The van der Waals surface area contributed by atoms with Gasteiger partial charge in [-0.3, -0.25) is 4.90 Å². The van der Waals surface area contributed by atoms with Crippen molar-refractivity contribution in [1.29, 1.82) is 0 Å². The first-order valence-corrected chi connectivity index (χ1v) is 33.8. The molecule has 2 N–H and O–H groups in total. The van der Waals surface area contributed by atoms with Crippen LogP contribution >= 0.6 is 0 Å². The molecule has 0 aromatic heterocycles. The number of methoxy groups -OCH3 is 1. The molecule has 0 atom stereocenters. The van der Waals surface area contributed by atoms with Crippen LogP contribution in [0.3, 0.4) is 0 Å². The Morgan fingerprint density at radius 3 is 1.58 bits per heavy atom. The van der Waals surface area contributed by atoms with Crippen molar-refractivity contribution in [2.75, 3.05) is 69.5 Å². The Morgan fingerprint density at radius 1 is 0.489 bits per heavy atom. The highest BCUT2D eigenvalue weighted by molar-refractivity contribution is 5.94. The molecule has 2 heterocycles. The van der Waals surface area contributed by atoms with Crippen LogP contribution in [0.4, 0.5) is 17.1 Å². The minimum Gasteiger partial charge on any atom is -0.497 e. The third-order valence-electron chi connectivity index (χ3n) is 15.0. The van der Waals surface area contributed by atoms with E-state index in [4.69, 9.17) is 28.4 Å². The number of fused-ring (bicyclic) bond motifs is 4. The van der Waals surface area contributed by atoms with Gasteiger partial charge >= 0.3 is 0 Å². The Balaban J connectivity index is 0.000000195. The molecule has 0 radical (unpaired) electrons. The molecule has 0 amide bonds. The minimum atomic E-state index is -0.0984. The monoisotopic (exact) mass is 1250 g/mol. The molecular weight excluding hydrogens is 1140 g/mol. The van der Waals surface area contributed by atoms with Crippen LogP contribution in [0.2, 0.25) is 0 Å².